The second kappa shape index (κ2) is 2.82. The minimum atomic E-state index is -0.0441. The van der Waals surface area contributed by atoms with Crippen LogP contribution in [0.3, 0.4) is 0 Å². The number of hydrogen-bond donors (Lipinski definition) is 0. The van der Waals surface area contributed by atoms with Crippen molar-refractivity contribution in [1.82, 2.24) is 0 Å². The molecule has 2 heterocycles. The normalized spacial score (nSPS) is 22.4. The van der Waals surface area contributed by atoms with Crippen molar-refractivity contribution in [3.05, 3.63) is 21.1 Å². The van der Waals surface area contributed by atoms with Crippen molar-refractivity contribution < 1.29 is 9.13 Å². The van der Waals surface area contributed by atoms with Crippen LogP contribution in [-0.4, -0.2) is 6.61 Å². The first kappa shape index (κ1) is 8.20. The molecule has 66 valence electrons. The molecule has 0 radical (unpaired) electrons. The van der Waals surface area contributed by atoms with Gasteiger partial charge in [0, 0.05) is 22.4 Å². The molecule has 1 unspecified atom stereocenters. The predicted octanol–water partition coefficient (Wildman–Crippen LogP) is 2.83. The van der Waals surface area contributed by atoms with Crippen molar-refractivity contribution in [3.8, 4) is 0 Å². The fourth-order valence-corrected chi connectivity index (χ4v) is 2.78. The summed E-state index contributed by atoms with van der Waals surface area (Å²) in [6.07, 6.45) is 0.948. The zero-order chi connectivity index (χ0) is 8.72. The Bertz CT molecular complexity index is 306. The summed E-state index contributed by atoms with van der Waals surface area (Å²) in [5, 5.41) is -0.0441. The van der Waals surface area contributed by atoms with Crippen LogP contribution < -0.4 is 0 Å². The summed E-state index contributed by atoms with van der Waals surface area (Å²) in [5.41, 5.74) is 1.87. The van der Waals surface area contributed by atoms with Gasteiger partial charge in [-0.1, -0.05) is 0 Å². The Balaban J connectivity index is 2.54. The van der Waals surface area contributed by atoms with Gasteiger partial charge in [-0.2, -0.15) is 4.39 Å². The van der Waals surface area contributed by atoms with Crippen molar-refractivity contribution >= 4 is 11.3 Å². The van der Waals surface area contributed by atoms with E-state index in [2.05, 4.69) is 0 Å². The molecule has 0 N–H and O–H groups in total. The maximum absolute atomic E-state index is 13.1. The van der Waals surface area contributed by atoms with Gasteiger partial charge in [-0.05, 0) is 13.8 Å². The lowest BCUT2D eigenvalue weighted by Crippen LogP contribution is -2.12. The summed E-state index contributed by atoms with van der Waals surface area (Å²) >= 11 is 1.27. The molecule has 3 heteroatoms. The van der Waals surface area contributed by atoms with Gasteiger partial charge < -0.3 is 4.74 Å². The number of fused-ring (bicyclic) bond motifs is 1. The van der Waals surface area contributed by atoms with Gasteiger partial charge in [0.2, 0.25) is 0 Å². The summed E-state index contributed by atoms with van der Waals surface area (Å²) in [6, 6.07) is 0. The van der Waals surface area contributed by atoms with E-state index in [1.54, 1.807) is 0 Å². The molecule has 0 bridgehead atoms. The highest BCUT2D eigenvalue weighted by Gasteiger charge is 2.23. The van der Waals surface area contributed by atoms with E-state index in [0.717, 1.165) is 24.2 Å². The van der Waals surface area contributed by atoms with Crippen LogP contribution in [0.2, 0.25) is 0 Å². The van der Waals surface area contributed by atoms with E-state index in [0.29, 0.717) is 0 Å². The first-order valence-corrected chi connectivity index (χ1v) is 4.91. The van der Waals surface area contributed by atoms with Crippen molar-refractivity contribution in [1.29, 1.82) is 0 Å². The monoisotopic (exact) mass is 186 g/mol. The fraction of sp³-hybridized carbons (Fsp3) is 0.556. The molecule has 12 heavy (non-hydrogen) atoms. The van der Waals surface area contributed by atoms with Gasteiger partial charge in [-0.3, -0.25) is 0 Å². The third kappa shape index (κ3) is 1.08. The van der Waals surface area contributed by atoms with E-state index in [1.165, 1.54) is 16.2 Å². The summed E-state index contributed by atoms with van der Waals surface area (Å²) in [7, 11) is 0. The highest BCUT2D eigenvalue weighted by atomic mass is 32.1. The summed E-state index contributed by atoms with van der Waals surface area (Å²) in [4.78, 5) is 1.17. The predicted molar refractivity (Wildman–Crippen MR) is 47.1 cm³/mol. The average molecular weight is 186 g/mol. The minimum Gasteiger partial charge on any atom is -0.373 e. The van der Waals surface area contributed by atoms with E-state index >= 15 is 0 Å². The van der Waals surface area contributed by atoms with E-state index in [-0.39, 0.29) is 11.2 Å². The molecule has 0 amide bonds. The molecular formula is C9H11FOS. The maximum Gasteiger partial charge on any atom is 0.179 e. The van der Waals surface area contributed by atoms with Gasteiger partial charge in [0.05, 0.1) is 12.7 Å². The second-order valence-electron chi connectivity index (χ2n) is 3.10. The van der Waals surface area contributed by atoms with Crippen molar-refractivity contribution in [2.24, 2.45) is 0 Å². The van der Waals surface area contributed by atoms with Crippen molar-refractivity contribution in [3.63, 3.8) is 0 Å². The Labute approximate surface area is 75.2 Å². The molecule has 0 spiro atoms. The first-order chi connectivity index (χ1) is 5.70. The molecule has 1 aliphatic rings. The molecule has 0 aromatic carbocycles. The molecule has 0 aliphatic carbocycles. The van der Waals surface area contributed by atoms with E-state index in [9.17, 15) is 4.39 Å². The maximum atomic E-state index is 13.1. The number of ether oxygens (including phenoxy) is 1. The van der Waals surface area contributed by atoms with Gasteiger partial charge >= 0.3 is 0 Å². The van der Waals surface area contributed by atoms with Crippen molar-refractivity contribution in [2.45, 2.75) is 26.4 Å². The van der Waals surface area contributed by atoms with Gasteiger partial charge in [0.25, 0.3) is 0 Å². The molecule has 1 aromatic rings. The molecular weight excluding hydrogens is 175 g/mol. The number of rotatable bonds is 0. The molecule has 2 rings (SSSR count). The summed E-state index contributed by atoms with van der Waals surface area (Å²) < 4.78 is 18.6. The third-order valence-corrected chi connectivity index (χ3v) is 3.47. The Kier molecular flexibility index (Phi) is 1.93. The van der Waals surface area contributed by atoms with Gasteiger partial charge in [-0.25, -0.2) is 0 Å². The molecule has 1 aromatic heterocycles. The van der Waals surface area contributed by atoms with E-state index in [4.69, 9.17) is 4.74 Å². The number of halogens is 1. The number of thiophene rings is 1. The van der Waals surface area contributed by atoms with Crippen LogP contribution in [0.25, 0.3) is 0 Å². The van der Waals surface area contributed by atoms with Crippen LogP contribution in [0, 0.1) is 12.1 Å². The van der Waals surface area contributed by atoms with Crippen LogP contribution in [-0.2, 0) is 11.2 Å². The van der Waals surface area contributed by atoms with Crippen LogP contribution in [0.4, 0.5) is 4.39 Å². The van der Waals surface area contributed by atoms with Crippen LogP contribution in [0.5, 0.6) is 0 Å². The minimum absolute atomic E-state index is 0.0441. The second-order valence-corrected chi connectivity index (χ2v) is 4.16. The molecule has 1 atom stereocenters. The zero-order valence-electron chi connectivity index (χ0n) is 7.19. The molecule has 1 aliphatic heterocycles. The Morgan fingerprint density at radius 3 is 3.00 bits per heavy atom. The third-order valence-electron chi connectivity index (χ3n) is 2.32. The average Bonchev–Trinajstić information content (AvgIpc) is 2.29. The van der Waals surface area contributed by atoms with Crippen LogP contribution in [0.1, 0.15) is 29.0 Å². The van der Waals surface area contributed by atoms with Gasteiger partial charge in [0.1, 0.15) is 0 Å². The lowest BCUT2D eigenvalue weighted by atomic mass is 10.0. The first-order valence-electron chi connectivity index (χ1n) is 4.09. The smallest absolute Gasteiger partial charge is 0.179 e. The highest BCUT2D eigenvalue weighted by Crippen LogP contribution is 2.36. The number of hydrogen-bond acceptors (Lipinski definition) is 2. The fourth-order valence-electron chi connectivity index (χ4n) is 1.68. The van der Waals surface area contributed by atoms with Gasteiger partial charge in [0.15, 0.2) is 5.13 Å². The van der Waals surface area contributed by atoms with Crippen molar-refractivity contribution in [2.75, 3.05) is 6.61 Å². The van der Waals surface area contributed by atoms with E-state index in [1.807, 2.05) is 13.8 Å². The zero-order valence-corrected chi connectivity index (χ0v) is 8.00. The molecule has 0 saturated carbocycles. The molecule has 0 saturated heterocycles. The van der Waals surface area contributed by atoms with Crippen LogP contribution in [0.15, 0.2) is 0 Å². The SMILES string of the molecule is Cc1c(F)sc2c1C(C)OCC2. The van der Waals surface area contributed by atoms with Gasteiger partial charge in [-0.15, -0.1) is 11.3 Å². The summed E-state index contributed by atoms with van der Waals surface area (Å²) in [6.45, 7) is 4.54. The largest absolute Gasteiger partial charge is 0.373 e. The Hall–Kier alpha value is -0.410. The molecule has 0 fully saturated rings. The van der Waals surface area contributed by atoms with E-state index < -0.39 is 0 Å². The standard InChI is InChI=1S/C9H11FOS/c1-5-8-6(2)11-4-3-7(8)12-9(5)10/h6H,3-4H2,1-2H3. The quantitative estimate of drug-likeness (QED) is 0.605. The topological polar surface area (TPSA) is 9.23 Å². The Morgan fingerprint density at radius 1 is 1.58 bits per heavy atom. The van der Waals surface area contributed by atoms with Crippen LogP contribution >= 0.6 is 11.3 Å². The lowest BCUT2D eigenvalue weighted by molar-refractivity contribution is 0.0563. The lowest BCUT2D eigenvalue weighted by Gasteiger charge is -2.20. The summed E-state index contributed by atoms with van der Waals surface area (Å²) in [5.74, 6) is 0. The Morgan fingerprint density at radius 2 is 2.33 bits per heavy atom. The molecule has 1 nitrogen and oxygen atoms in total. The highest BCUT2D eigenvalue weighted by molar-refractivity contribution is 7.10.